The number of aryl methyl sites for hydroxylation is 1. The molecule has 84 valence electrons. The molecule has 1 aromatic heterocycles. The average Bonchev–Trinajstić information content (AvgIpc) is 2.47. The third kappa shape index (κ3) is 4.34. The number of hydrogen-bond acceptors (Lipinski definition) is 3. The SMILES string of the molecule is Cc1cc(NC(=O)OCC(F)(F)F)n[nH]1. The number of amides is 1. The fourth-order valence-corrected chi connectivity index (χ4v) is 0.770. The van der Waals surface area contributed by atoms with E-state index in [0.717, 1.165) is 0 Å². The number of rotatable bonds is 2. The molecule has 0 bridgehead atoms. The molecule has 0 fully saturated rings. The Labute approximate surface area is 82.6 Å². The Morgan fingerprint density at radius 1 is 1.67 bits per heavy atom. The second kappa shape index (κ2) is 4.20. The molecule has 2 N–H and O–H groups in total. The van der Waals surface area contributed by atoms with Gasteiger partial charge in [0, 0.05) is 11.8 Å². The average molecular weight is 223 g/mol. The van der Waals surface area contributed by atoms with E-state index in [1.54, 1.807) is 6.92 Å². The maximum absolute atomic E-state index is 11.6. The first kappa shape index (κ1) is 11.3. The van der Waals surface area contributed by atoms with Gasteiger partial charge in [-0.05, 0) is 6.92 Å². The van der Waals surface area contributed by atoms with Crippen molar-refractivity contribution in [3.63, 3.8) is 0 Å². The Morgan fingerprint density at radius 3 is 2.80 bits per heavy atom. The van der Waals surface area contributed by atoms with Crippen LogP contribution in [0.15, 0.2) is 6.07 Å². The Bertz CT molecular complexity index is 347. The molecule has 0 saturated carbocycles. The molecule has 1 rings (SSSR count). The minimum atomic E-state index is -4.53. The zero-order chi connectivity index (χ0) is 11.5. The summed E-state index contributed by atoms with van der Waals surface area (Å²) in [5.74, 6) is 0.111. The lowest BCUT2D eigenvalue weighted by Crippen LogP contribution is -2.23. The first-order chi connectivity index (χ1) is 6.87. The number of anilines is 1. The number of H-pyrrole nitrogens is 1. The highest BCUT2D eigenvalue weighted by atomic mass is 19.4. The number of hydrogen-bond donors (Lipinski definition) is 2. The van der Waals surface area contributed by atoms with Crippen LogP contribution in [0, 0.1) is 6.92 Å². The number of aromatic nitrogens is 2. The third-order valence-corrected chi connectivity index (χ3v) is 1.30. The van der Waals surface area contributed by atoms with E-state index >= 15 is 0 Å². The molecule has 0 radical (unpaired) electrons. The normalized spacial score (nSPS) is 11.2. The van der Waals surface area contributed by atoms with Crippen LogP contribution in [0.5, 0.6) is 0 Å². The molecule has 0 aliphatic rings. The van der Waals surface area contributed by atoms with Gasteiger partial charge < -0.3 is 4.74 Å². The van der Waals surface area contributed by atoms with Crippen molar-refractivity contribution in [2.75, 3.05) is 11.9 Å². The summed E-state index contributed by atoms with van der Waals surface area (Å²) in [5.41, 5.74) is 0.668. The molecule has 1 amide bonds. The maximum atomic E-state index is 11.6. The largest absolute Gasteiger partial charge is 0.440 e. The zero-order valence-electron chi connectivity index (χ0n) is 7.68. The molecule has 0 aliphatic heterocycles. The number of aromatic amines is 1. The van der Waals surface area contributed by atoms with E-state index in [0.29, 0.717) is 5.69 Å². The van der Waals surface area contributed by atoms with E-state index in [-0.39, 0.29) is 5.82 Å². The van der Waals surface area contributed by atoms with Crippen molar-refractivity contribution >= 4 is 11.9 Å². The van der Waals surface area contributed by atoms with Gasteiger partial charge in [-0.15, -0.1) is 0 Å². The second-order valence-electron chi connectivity index (χ2n) is 2.75. The summed E-state index contributed by atoms with van der Waals surface area (Å²) < 4.78 is 38.8. The van der Waals surface area contributed by atoms with E-state index < -0.39 is 18.9 Å². The highest BCUT2D eigenvalue weighted by Gasteiger charge is 2.29. The molecule has 15 heavy (non-hydrogen) atoms. The van der Waals surface area contributed by atoms with Crippen LogP contribution in [0.4, 0.5) is 23.8 Å². The van der Waals surface area contributed by atoms with E-state index in [1.807, 2.05) is 5.32 Å². The minimum absolute atomic E-state index is 0.111. The molecule has 0 aromatic carbocycles. The van der Waals surface area contributed by atoms with Crippen LogP contribution in [0.1, 0.15) is 5.69 Å². The Morgan fingerprint density at radius 2 is 2.33 bits per heavy atom. The van der Waals surface area contributed by atoms with Crippen molar-refractivity contribution in [2.45, 2.75) is 13.1 Å². The molecule has 5 nitrogen and oxygen atoms in total. The number of carbonyl (C=O) groups excluding carboxylic acids is 1. The van der Waals surface area contributed by atoms with Gasteiger partial charge in [0.15, 0.2) is 12.4 Å². The lowest BCUT2D eigenvalue weighted by atomic mass is 10.5. The van der Waals surface area contributed by atoms with Crippen molar-refractivity contribution in [3.05, 3.63) is 11.8 Å². The topological polar surface area (TPSA) is 67.0 Å². The van der Waals surface area contributed by atoms with Gasteiger partial charge in [-0.2, -0.15) is 18.3 Å². The summed E-state index contributed by atoms with van der Waals surface area (Å²) in [5, 5.41) is 8.12. The lowest BCUT2D eigenvalue weighted by Gasteiger charge is -2.07. The Kier molecular flexibility index (Phi) is 3.17. The predicted molar refractivity (Wildman–Crippen MR) is 44.4 cm³/mol. The zero-order valence-corrected chi connectivity index (χ0v) is 7.68. The highest BCUT2D eigenvalue weighted by molar-refractivity contribution is 5.83. The van der Waals surface area contributed by atoms with Gasteiger partial charge >= 0.3 is 12.3 Å². The van der Waals surface area contributed by atoms with Gasteiger partial charge in [-0.1, -0.05) is 0 Å². The van der Waals surface area contributed by atoms with Crippen LogP contribution in [0.2, 0.25) is 0 Å². The van der Waals surface area contributed by atoms with Crippen molar-refractivity contribution in [3.8, 4) is 0 Å². The van der Waals surface area contributed by atoms with Gasteiger partial charge in [0.25, 0.3) is 0 Å². The van der Waals surface area contributed by atoms with Crippen molar-refractivity contribution < 1.29 is 22.7 Å². The highest BCUT2D eigenvalue weighted by Crippen LogP contribution is 2.14. The van der Waals surface area contributed by atoms with Gasteiger partial charge in [0.1, 0.15) is 0 Å². The van der Waals surface area contributed by atoms with Gasteiger partial charge in [-0.3, -0.25) is 10.4 Å². The predicted octanol–water partition coefficient (Wildman–Crippen LogP) is 1.83. The molecular formula is C7H8F3N3O2. The molecular weight excluding hydrogens is 215 g/mol. The first-order valence-corrected chi connectivity index (χ1v) is 3.89. The lowest BCUT2D eigenvalue weighted by molar-refractivity contribution is -0.159. The maximum Gasteiger partial charge on any atom is 0.422 e. The molecule has 0 aliphatic carbocycles. The van der Waals surface area contributed by atoms with Gasteiger partial charge in [0.2, 0.25) is 0 Å². The fourth-order valence-electron chi connectivity index (χ4n) is 0.770. The summed E-state index contributed by atoms with van der Waals surface area (Å²) in [6, 6.07) is 1.45. The number of nitrogens with one attached hydrogen (secondary N) is 2. The molecule has 8 heteroatoms. The van der Waals surface area contributed by atoms with Crippen molar-refractivity contribution in [2.24, 2.45) is 0 Å². The quantitative estimate of drug-likeness (QED) is 0.803. The summed E-state index contributed by atoms with van der Waals surface area (Å²) in [4.78, 5) is 10.8. The molecule has 0 spiro atoms. The van der Waals surface area contributed by atoms with Crippen LogP contribution in [0.3, 0.4) is 0 Å². The van der Waals surface area contributed by atoms with E-state index in [4.69, 9.17) is 0 Å². The van der Waals surface area contributed by atoms with Crippen LogP contribution in [-0.2, 0) is 4.74 Å². The summed E-state index contributed by atoms with van der Waals surface area (Å²) in [7, 11) is 0. The number of halogens is 3. The molecule has 0 atom stereocenters. The van der Waals surface area contributed by atoms with E-state index in [9.17, 15) is 18.0 Å². The minimum Gasteiger partial charge on any atom is -0.440 e. The number of carbonyl (C=O) groups is 1. The number of ether oxygens (including phenoxy) is 1. The Balaban J connectivity index is 2.37. The monoisotopic (exact) mass is 223 g/mol. The molecule has 0 unspecified atom stereocenters. The number of nitrogens with zero attached hydrogens (tertiary/aromatic N) is 1. The standard InChI is InChI=1S/C7H8F3N3O2/c1-4-2-5(13-12-4)11-6(14)15-3-7(8,9)10/h2H,3H2,1H3,(H2,11,12,13,14). The van der Waals surface area contributed by atoms with Crippen molar-refractivity contribution in [1.29, 1.82) is 0 Å². The van der Waals surface area contributed by atoms with Crippen LogP contribution in [0.25, 0.3) is 0 Å². The number of alkyl halides is 3. The summed E-state index contributed by atoms with van der Waals surface area (Å²) in [6.45, 7) is 0.0570. The van der Waals surface area contributed by atoms with Crippen LogP contribution >= 0.6 is 0 Å². The van der Waals surface area contributed by atoms with E-state index in [2.05, 4.69) is 14.9 Å². The molecule has 1 aromatic rings. The fraction of sp³-hybridized carbons (Fsp3) is 0.429. The van der Waals surface area contributed by atoms with Crippen LogP contribution < -0.4 is 5.32 Å². The first-order valence-electron chi connectivity index (χ1n) is 3.89. The second-order valence-corrected chi connectivity index (χ2v) is 2.75. The van der Waals surface area contributed by atoms with Crippen LogP contribution in [-0.4, -0.2) is 29.1 Å². The summed E-state index contributed by atoms with van der Waals surface area (Å²) >= 11 is 0. The third-order valence-electron chi connectivity index (χ3n) is 1.30. The summed E-state index contributed by atoms with van der Waals surface area (Å²) in [6.07, 6.45) is -5.72. The molecule has 1 heterocycles. The Hall–Kier alpha value is -1.73. The van der Waals surface area contributed by atoms with Gasteiger partial charge in [-0.25, -0.2) is 4.79 Å². The molecule has 0 saturated heterocycles. The van der Waals surface area contributed by atoms with E-state index in [1.165, 1.54) is 6.07 Å². The smallest absolute Gasteiger partial charge is 0.422 e. The van der Waals surface area contributed by atoms with Gasteiger partial charge in [0.05, 0.1) is 0 Å². The van der Waals surface area contributed by atoms with Crippen molar-refractivity contribution in [1.82, 2.24) is 10.2 Å².